The molecule has 1 heterocycles. The Hall–Kier alpha value is -1.63. The van der Waals surface area contributed by atoms with E-state index in [1.807, 2.05) is 25.1 Å². The maximum absolute atomic E-state index is 12.2. The molecule has 0 aromatic heterocycles. The molecule has 0 spiro atoms. The van der Waals surface area contributed by atoms with Crippen molar-refractivity contribution in [2.45, 2.75) is 19.4 Å². The van der Waals surface area contributed by atoms with Crippen LogP contribution in [0.1, 0.15) is 13.3 Å². The van der Waals surface area contributed by atoms with Gasteiger partial charge in [-0.25, -0.2) is 4.79 Å². The summed E-state index contributed by atoms with van der Waals surface area (Å²) in [7, 11) is 0. The van der Waals surface area contributed by atoms with Crippen molar-refractivity contribution in [3.8, 4) is 5.75 Å². The number of para-hydroxylation sites is 1. The van der Waals surface area contributed by atoms with Crippen LogP contribution < -0.4 is 4.74 Å². The highest BCUT2D eigenvalue weighted by molar-refractivity contribution is 5.70. The molecule has 0 bridgehead atoms. The maximum atomic E-state index is 12.2. The first kappa shape index (κ1) is 17.7. The van der Waals surface area contributed by atoms with Crippen molar-refractivity contribution in [1.82, 2.24) is 9.80 Å². The second-order valence-corrected chi connectivity index (χ2v) is 5.64. The van der Waals surface area contributed by atoms with Gasteiger partial charge in [0.1, 0.15) is 5.75 Å². The van der Waals surface area contributed by atoms with E-state index < -0.39 is 6.10 Å². The lowest BCUT2D eigenvalue weighted by Gasteiger charge is -2.23. The monoisotopic (exact) mass is 322 g/mol. The van der Waals surface area contributed by atoms with Crippen molar-refractivity contribution in [3.63, 3.8) is 0 Å². The molecular formula is C17H26N2O4. The number of β-amino-alcohol motifs (C(OH)–C–C–N with tert-alkyl or cyclic N) is 1. The first-order valence-corrected chi connectivity index (χ1v) is 8.19. The van der Waals surface area contributed by atoms with E-state index in [1.54, 1.807) is 17.0 Å². The van der Waals surface area contributed by atoms with Gasteiger partial charge in [0.15, 0.2) is 0 Å². The Balaban J connectivity index is 1.77. The molecule has 0 unspecified atom stereocenters. The van der Waals surface area contributed by atoms with Gasteiger partial charge < -0.3 is 19.5 Å². The van der Waals surface area contributed by atoms with Crippen LogP contribution in [0, 0.1) is 0 Å². The van der Waals surface area contributed by atoms with Gasteiger partial charge in [-0.2, -0.15) is 0 Å². The molecule has 1 aromatic carbocycles. The van der Waals surface area contributed by atoms with Gasteiger partial charge in [0.05, 0.1) is 12.7 Å². The fraction of sp³-hybridized carbons (Fsp3) is 0.588. The van der Waals surface area contributed by atoms with Crippen molar-refractivity contribution >= 4 is 6.09 Å². The predicted molar refractivity (Wildman–Crippen MR) is 87.6 cm³/mol. The zero-order valence-corrected chi connectivity index (χ0v) is 13.7. The third-order valence-corrected chi connectivity index (χ3v) is 3.78. The Morgan fingerprint density at radius 1 is 1.22 bits per heavy atom. The molecule has 6 heteroatoms. The molecule has 0 saturated carbocycles. The molecule has 1 aliphatic rings. The minimum atomic E-state index is -0.488. The molecule has 0 radical (unpaired) electrons. The molecule has 1 atom stereocenters. The summed E-state index contributed by atoms with van der Waals surface area (Å²) in [5.41, 5.74) is 0. The molecule has 6 nitrogen and oxygen atoms in total. The van der Waals surface area contributed by atoms with E-state index in [0.29, 0.717) is 38.6 Å². The van der Waals surface area contributed by atoms with E-state index in [1.165, 1.54) is 0 Å². The fourth-order valence-corrected chi connectivity index (χ4v) is 2.59. The average Bonchev–Trinajstić information content (AvgIpc) is 2.79. The second-order valence-electron chi connectivity index (χ2n) is 5.64. The Morgan fingerprint density at radius 2 is 2.00 bits per heavy atom. The fourth-order valence-electron chi connectivity index (χ4n) is 2.59. The number of benzene rings is 1. The summed E-state index contributed by atoms with van der Waals surface area (Å²) in [6, 6.07) is 9.10. The van der Waals surface area contributed by atoms with Crippen LogP contribution in [0.5, 0.6) is 5.75 Å². The number of hydrogen-bond acceptors (Lipinski definition) is 5. The summed E-state index contributed by atoms with van der Waals surface area (Å²) >= 11 is 0. The molecule has 1 saturated heterocycles. The number of nitrogens with zero attached hydrogens (tertiary/aromatic N) is 2. The molecule has 1 aromatic rings. The maximum Gasteiger partial charge on any atom is 0.415 e. The number of ether oxygens (including phenoxy) is 2. The largest absolute Gasteiger partial charge is 0.415 e. The zero-order chi connectivity index (χ0) is 16.5. The van der Waals surface area contributed by atoms with Crippen molar-refractivity contribution in [3.05, 3.63) is 30.3 Å². The smallest absolute Gasteiger partial charge is 0.410 e. The minimum absolute atomic E-state index is 0.312. The molecule has 1 N–H and O–H groups in total. The van der Waals surface area contributed by atoms with Crippen LogP contribution in [-0.4, -0.2) is 73.0 Å². The van der Waals surface area contributed by atoms with Crippen LogP contribution >= 0.6 is 0 Å². The number of carbonyl (C=O) groups excluding carboxylic acids is 1. The number of amides is 1. The van der Waals surface area contributed by atoms with E-state index in [-0.39, 0.29) is 6.09 Å². The molecule has 2 rings (SSSR count). The van der Waals surface area contributed by atoms with Gasteiger partial charge in [-0.15, -0.1) is 0 Å². The van der Waals surface area contributed by atoms with E-state index in [0.717, 1.165) is 19.5 Å². The number of hydrogen-bond donors (Lipinski definition) is 1. The lowest BCUT2D eigenvalue weighted by atomic mass is 10.3. The quantitative estimate of drug-likeness (QED) is 0.862. The molecule has 1 aliphatic heterocycles. The van der Waals surface area contributed by atoms with Crippen LogP contribution in [0.3, 0.4) is 0 Å². The lowest BCUT2D eigenvalue weighted by molar-refractivity contribution is 0.0219. The van der Waals surface area contributed by atoms with Crippen LogP contribution in [0.4, 0.5) is 4.79 Å². The van der Waals surface area contributed by atoms with E-state index in [2.05, 4.69) is 4.90 Å². The van der Waals surface area contributed by atoms with Crippen LogP contribution in [0.2, 0.25) is 0 Å². The number of aliphatic hydroxyl groups excluding tert-OH is 1. The first-order chi connectivity index (χ1) is 11.2. The Bertz CT molecular complexity index is 469. The summed E-state index contributed by atoms with van der Waals surface area (Å²) in [5.74, 6) is 0.561. The molecule has 1 fully saturated rings. The molecular weight excluding hydrogens is 296 g/mol. The zero-order valence-electron chi connectivity index (χ0n) is 13.7. The van der Waals surface area contributed by atoms with Crippen LogP contribution in [0.25, 0.3) is 0 Å². The Morgan fingerprint density at radius 3 is 2.74 bits per heavy atom. The van der Waals surface area contributed by atoms with Gasteiger partial charge in [0, 0.05) is 39.3 Å². The van der Waals surface area contributed by atoms with Gasteiger partial charge in [-0.1, -0.05) is 18.2 Å². The van der Waals surface area contributed by atoms with E-state index in [4.69, 9.17) is 9.47 Å². The van der Waals surface area contributed by atoms with Gasteiger partial charge in [0.2, 0.25) is 0 Å². The summed E-state index contributed by atoms with van der Waals surface area (Å²) in [4.78, 5) is 16.1. The average molecular weight is 322 g/mol. The highest BCUT2D eigenvalue weighted by Crippen LogP contribution is 2.12. The molecule has 23 heavy (non-hydrogen) atoms. The predicted octanol–water partition coefficient (Wildman–Crippen LogP) is 1.59. The van der Waals surface area contributed by atoms with Crippen LogP contribution in [0.15, 0.2) is 30.3 Å². The Labute approximate surface area is 137 Å². The van der Waals surface area contributed by atoms with Gasteiger partial charge in [0.25, 0.3) is 0 Å². The van der Waals surface area contributed by atoms with Crippen LogP contribution in [-0.2, 0) is 4.74 Å². The topological polar surface area (TPSA) is 62.2 Å². The third kappa shape index (κ3) is 6.17. The van der Waals surface area contributed by atoms with Gasteiger partial charge in [-0.05, 0) is 25.5 Å². The number of carbonyl (C=O) groups is 1. The van der Waals surface area contributed by atoms with Crippen molar-refractivity contribution in [1.29, 1.82) is 0 Å². The summed E-state index contributed by atoms with van der Waals surface area (Å²) in [6.45, 7) is 6.31. The van der Waals surface area contributed by atoms with Gasteiger partial charge in [-0.3, -0.25) is 4.90 Å². The van der Waals surface area contributed by atoms with Gasteiger partial charge >= 0.3 is 6.09 Å². The first-order valence-electron chi connectivity index (χ1n) is 8.19. The van der Waals surface area contributed by atoms with E-state index in [9.17, 15) is 9.90 Å². The molecule has 0 aliphatic carbocycles. The lowest BCUT2D eigenvalue weighted by Crippen LogP contribution is -2.39. The second kappa shape index (κ2) is 9.50. The number of aliphatic hydroxyl groups is 1. The third-order valence-electron chi connectivity index (χ3n) is 3.78. The van der Waals surface area contributed by atoms with E-state index >= 15 is 0 Å². The summed E-state index contributed by atoms with van der Waals surface area (Å²) in [5, 5.41) is 9.92. The minimum Gasteiger partial charge on any atom is -0.410 e. The molecule has 128 valence electrons. The summed E-state index contributed by atoms with van der Waals surface area (Å²) < 4.78 is 10.6. The SMILES string of the molecule is CCOC[C@@H](O)CN1CCCN(C(=O)Oc2ccccc2)CC1. The van der Waals surface area contributed by atoms with Crippen molar-refractivity contribution in [2.75, 3.05) is 45.9 Å². The standard InChI is InChI=1S/C17H26N2O4/c1-2-22-14-15(20)13-18-9-6-10-19(12-11-18)17(21)23-16-7-4-3-5-8-16/h3-5,7-8,15,20H,2,6,9-14H2,1H3/t15-/m0/s1. The summed E-state index contributed by atoms with van der Waals surface area (Å²) in [6.07, 6.45) is 0.0660. The highest BCUT2D eigenvalue weighted by Gasteiger charge is 2.21. The number of rotatable bonds is 6. The normalized spacial score (nSPS) is 17.6. The van der Waals surface area contributed by atoms with Crippen molar-refractivity contribution < 1.29 is 19.4 Å². The van der Waals surface area contributed by atoms with Crippen molar-refractivity contribution in [2.24, 2.45) is 0 Å². The molecule has 1 amide bonds. The highest BCUT2D eigenvalue weighted by atomic mass is 16.6. The Kier molecular flexibility index (Phi) is 7.32.